The minimum absolute atomic E-state index is 0.0833. The molecule has 1 aromatic heterocycles. The van der Waals surface area contributed by atoms with Crippen LogP contribution in [0.4, 0.5) is 11.4 Å². The third-order valence-electron chi connectivity index (χ3n) is 3.12. The Labute approximate surface area is 124 Å². The maximum Gasteiger partial charge on any atom is 0.242 e. The summed E-state index contributed by atoms with van der Waals surface area (Å²) >= 11 is 0. The number of aromatic nitrogens is 1. The molecule has 0 spiro atoms. The molecule has 0 aliphatic rings. The zero-order valence-electron chi connectivity index (χ0n) is 11.9. The number of pyridine rings is 1. The van der Waals surface area contributed by atoms with Crippen LogP contribution in [0.25, 0.3) is 0 Å². The van der Waals surface area contributed by atoms with E-state index in [2.05, 4.69) is 9.71 Å². The van der Waals surface area contributed by atoms with Gasteiger partial charge in [-0.15, -0.1) is 0 Å². The summed E-state index contributed by atoms with van der Waals surface area (Å²) in [5.41, 5.74) is 7.82. The zero-order valence-corrected chi connectivity index (χ0v) is 12.8. The lowest BCUT2D eigenvalue weighted by atomic mass is 10.2. The van der Waals surface area contributed by atoms with E-state index in [4.69, 9.17) is 5.73 Å². The van der Waals surface area contributed by atoms with Gasteiger partial charge >= 0.3 is 0 Å². The Morgan fingerprint density at radius 1 is 1.29 bits per heavy atom. The maximum absolute atomic E-state index is 11.8. The number of benzene rings is 1. The van der Waals surface area contributed by atoms with Crippen LogP contribution in [0.2, 0.25) is 0 Å². The van der Waals surface area contributed by atoms with Crippen molar-refractivity contribution in [3.8, 4) is 0 Å². The van der Waals surface area contributed by atoms with Crippen molar-refractivity contribution in [3.63, 3.8) is 0 Å². The van der Waals surface area contributed by atoms with Gasteiger partial charge in [-0.05, 0) is 37.4 Å². The first-order valence-electron chi connectivity index (χ1n) is 6.38. The van der Waals surface area contributed by atoms with E-state index >= 15 is 0 Å². The van der Waals surface area contributed by atoms with Crippen molar-refractivity contribution in [3.05, 3.63) is 48.3 Å². The minimum Gasteiger partial charge on any atom is -0.398 e. The van der Waals surface area contributed by atoms with Gasteiger partial charge in [0.15, 0.2) is 0 Å². The fourth-order valence-electron chi connectivity index (χ4n) is 1.95. The van der Waals surface area contributed by atoms with Crippen LogP contribution in [0.1, 0.15) is 5.69 Å². The third kappa shape index (κ3) is 3.50. The van der Waals surface area contributed by atoms with E-state index in [-0.39, 0.29) is 10.6 Å². The Hall–Kier alpha value is -2.12. The first kappa shape index (κ1) is 15.3. The van der Waals surface area contributed by atoms with Gasteiger partial charge < -0.3 is 10.6 Å². The van der Waals surface area contributed by atoms with Crippen LogP contribution in [0, 0.1) is 0 Å². The molecule has 21 heavy (non-hydrogen) atoms. The van der Waals surface area contributed by atoms with E-state index < -0.39 is 10.0 Å². The molecule has 0 fully saturated rings. The second-order valence-electron chi connectivity index (χ2n) is 4.61. The molecule has 2 rings (SSSR count). The highest BCUT2D eigenvalue weighted by Crippen LogP contribution is 2.24. The maximum atomic E-state index is 11.8. The van der Waals surface area contributed by atoms with Crippen molar-refractivity contribution in [1.29, 1.82) is 0 Å². The first-order chi connectivity index (χ1) is 9.94. The Bertz CT molecular complexity index is 717. The topological polar surface area (TPSA) is 88.3 Å². The van der Waals surface area contributed by atoms with E-state index in [0.717, 1.165) is 11.4 Å². The number of anilines is 2. The number of hydrogen-bond acceptors (Lipinski definition) is 5. The molecule has 7 heteroatoms. The van der Waals surface area contributed by atoms with Gasteiger partial charge in [0, 0.05) is 18.9 Å². The lowest BCUT2D eigenvalue weighted by Gasteiger charge is -2.20. The number of rotatable bonds is 5. The summed E-state index contributed by atoms with van der Waals surface area (Å²) in [5, 5.41) is 0. The molecule has 1 heterocycles. The van der Waals surface area contributed by atoms with Gasteiger partial charge in [0.1, 0.15) is 4.90 Å². The van der Waals surface area contributed by atoms with Crippen LogP contribution in [-0.2, 0) is 16.6 Å². The van der Waals surface area contributed by atoms with Crippen molar-refractivity contribution >= 4 is 21.4 Å². The van der Waals surface area contributed by atoms with Crippen molar-refractivity contribution in [2.75, 3.05) is 24.7 Å². The summed E-state index contributed by atoms with van der Waals surface area (Å²) < 4.78 is 25.8. The highest BCUT2D eigenvalue weighted by atomic mass is 32.2. The standard InChI is InChI=1S/C14H18N4O2S/c1-16-21(19,20)14-7-6-12(9-13(14)15)18(2)10-11-5-3-4-8-17-11/h3-9,16H,10,15H2,1-2H3. The zero-order chi connectivity index (χ0) is 15.5. The molecule has 112 valence electrons. The van der Waals surface area contributed by atoms with E-state index in [1.165, 1.54) is 13.1 Å². The summed E-state index contributed by atoms with van der Waals surface area (Å²) in [6.45, 7) is 0.610. The Morgan fingerprint density at radius 3 is 2.62 bits per heavy atom. The van der Waals surface area contributed by atoms with Crippen molar-refractivity contribution in [2.24, 2.45) is 0 Å². The van der Waals surface area contributed by atoms with Crippen molar-refractivity contribution in [2.45, 2.75) is 11.4 Å². The lowest BCUT2D eigenvalue weighted by Crippen LogP contribution is -2.21. The molecular formula is C14H18N4O2S. The van der Waals surface area contributed by atoms with E-state index in [1.54, 1.807) is 18.3 Å². The van der Waals surface area contributed by atoms with Crippen LogP contribution >= 0.6 is 0 Å². The molecule has 3 N–H and O–H groups in total. The molecule has 6 nitrogen and oxygen atoms in total. The second kappa shape index (κ2) is 6.11. The van der Waals surface area contributed by atoms with Crippen LogP contribution in [0.3, 0.4) is 0 Å². The van der Waals surface area contributed by atoms with Gasteiger partial charge in [-0.25, -0.2) is 13.1 Å². The van der Waals surface area contributed by atoms with Crippen molar-refractivity contribution in [1.82, 2.24) is 9.71 Å². The largest absolute Gasteiger partial charge is 0.398 e. The highest BCUT2D eigenvalue weighted by molar-refractivity contribution is 7.89. The van der Waals surface area contributed by atoms with Gasteiger partial charge in [-0.2, -0.15) is 0 Å². The van der Waals surface area contributed by atoms with Crippen LogP contribution < -0.4 is 15.4 Å². The molecule has 0 amide bonds. The molecule has 0 aliphatic carbocycles. The quantitative estimate of drug-likeness (QED) is 0.811. The molecule has 0 unspecified atom stereocenters. The monoisotopic (exact) mass is 306 g/mol. The highest BCUT2D eigenvalue weighted by Gasteiger charge is 2.16. The van der Waals surface area contributed by atoms with Crippen LogP contribution in [0.15, 0.2) is 47.5 Å². The molecule has 0 saturated heterocycles. The van der Waals surface area contributed by atoms with E-state index in [0.29, 0.717) is 6.54 Å². The van der Waals surface area contributed by atoms with Gasteiger partial charge in [0.2, 0.25) is 10.0 Å². The summed E-state index contributed by atoms with van der Waals surface area (Å²) in [7, 11) is -0.281. The fourth-order valence-corrected chi connectivity index (χ4v) is 2.79. The predicted octanol–water partition coefficient (Wildman–Crippen LogP) is 1.21. The molecule has 0 bridgehead atoms. The SMILES string of the molecule is CNS(=O)(=O)c1ccc(N(C)Cc2ccccn2)cc1N. The third-order valence-corrected chi connectivity index (χ3v) is 4.61. The number of nitrogen functional groups attached to an aromatic ring is 1. The fraction of sp³-hybridized carbons (Fsp3) is 0.214. The average molecular weight is 306 g/mol. The molecular weight excluding hydrogens is 288 g/mol. The Balaban J connectivity index is 2.24. The molecule has 0 radical (unpaired) electrons. The number of nitrogens with one attached hydrogen (secondary N) is 1. The van der Waals surface area contributed by atoms with E-state index in [9.17, 15) is 8.42 Å². The van der Waals surface area contributed by atoms with Crippen LogP contribution in [-0.4, -0.2) is 27.5 Å². The average Bonchev–Trinajstić information content (AvgIpc) is 2.48. The normalized spacial score (nSPS) is 11.3. The van der Waals surface area contributed by atoms with Gasteiger partial charge in [0.25, 0.3) is 0 Å². The summed E-state index contributed by atoms with van der Waals surface area (Å²) in [6.07, 6.45) is 1.74. The van der Waals surface area contributed by atoms with Crippen molar-refractivity contribution < 1.29 is 8.42 Å². The summed E-state index contributed by atoms with van der Waals surface area (Å²) in [4.78, 5) is 6.29. The molecule has 0 aliphatic heterocycles. The van der Waals surface area contributed by atoms with Gasteiger partial charge in [0.05, 0.1) is 17.9 Å². The number of sulfonamides is 1. The predicted molar refractivity (Wildman–Crippen MR) is 83.4 cm³/mol. The van der Waals surface area contributed by atoms with Gasteiger partial charge in [-0.3, -0.25) is 4.98 Å². The van der Waals surface area contributed by atoms with E-state index in [1.807, 2.05) is 30.1 Å². The summed E-state index contributed by atoms with van der Waals surface area (Å²) in [5.74, 6) is 0. The van der Waals surface area contributed by atoms with Crippen LogP contribution in [0.5, 0.6) is 0 Å². The number of hydrogen-bond donors (Lipinski definition) is 2. The summed E-state index contributed by atoms with van der Waals surface area (Å²) in [6, 6.07) is 10.6. The molecule has 0 saturated carbocycles. The molecule has 1 aromatic carbocycles. The lowest BCUT2D eigenvalue weighted by molar-refractivity contribution is 0.588. The molecule has 0 atom stereocenters. The smallest absolute Gasteiger partial charge is 0.242 e. The Kier molecular flexibility index (Phi) is 4.44. The number of nitrogens with two attached hydrogens (primary N) is 1. The second-order valence-corrected chi connectivity index (χ2v) is 6.46. The number of nitrogens with zero attached hydrogens (tertiary/aromatic N) is 2. The van der Waals surface area contributed by atoms with Gasteiger partial charge in [-0.1, -0.05) is 6.07 Å². The Morgan fingerprint density at radius 2 is 2.05 bits per heavy atom. The first-order valence-corrected chi connectivity index (χ1v) is 7.86. The minimum atomic E-state index is -3.54. The molecule has 2 aromatic rings.